The van der Waals surface area contributed by atoms with Gasteiger partial charge in [0, 0.05) is 52.7 Å². The number of aliphatic hydroxyl groups excluding tert-OH is 1. The van der Waals surface area contributed by atoms with E-state index in [1.165, 1.54) is 7.11 Å². The van der Waals surface area contributed by atoms with E-state index in [-0.39, 0.29) is 18.4 Å². The second-order valence-corrected chi connectivity index (χ2v) is 12.7. The molecule has 5 heterocycles. The number of methoxy groups -OCH3 is 2. The van der Waals surface area contributed by atoms with Crippen LogP contribution in [0.25, 0.3) is 27.9 Å². The molecule has 2 aromatic heterocycles. The standard InChI is InChI=1S/C40H40FN3O4/c1-5-24-22-44-17-16-25(24)19-34(44)40(45)31-21-28(42-33-14-15-35(46-3)29(6-2)38(31)33)18-27-20-37(43-32-12-8-7-11-30(27)32)48-23-26-10-9-13-36(47-4)39(26)41/h5-15,20-21,24-25,34,40,45H,1-2,16-19,22-23H2,3-4H3/t24-,25?,34-,40+/m0/s1. The fourth-order valence-corrected chi connectivity index (χ4v) is 7.65. The van der Waals surface area contributed by atoms with E-state index in [4.69, 9.17) is 24.2 Å². The van der Waals surface area contributed by atoms with Crippen molar-refractivity contribution in [2.75, 3.05) is 27.3 Å². The number of para-hydroxylation sites is 1. The van der Waals surface area contributed by atoms with Gasteiger partial charge in [-0.15, -0.1) is 6.58 Å². The maximum absolute atomic E-state index is 14.9. The van der Waals surface area contributed by atoms with Crippen molar-refractivity contribution in [3.05, 3.63) is 120 Å². The van der Waals surface area contributed by atoms with Gasteiger partial charge in [0.15, 0.2) is 11.6 Å². The zero-order valence-corrected chi connectivity index (χ0v) is 27.4. The fourth-order valence-electron chi connectivity index (χ4n) is 7.65. The van der Waals surface area contributed by atoms with Crippen LogP contribution in [0.1, 0.15) is 46.9 Å². The molecule has 0 spiro atoms. The molecule has 7 nitrogen and oxygen atoms in total. The lowest BCUT2D eigenvalue weighted by Gasteiger charge is -2.50. The number of aliphatic hydroxyl groups is 1. The Kier molecular flexibility index (Phi) is 8.86. The summed E-state index contributed by atoms with van der Waals surface area (Å²) in [6.45, 7) is 10.0. The van der Waals surface area contributed by atoms with E-state index < -0.39 is 11.9 Å². The third kappa shape index (κ3) is 5.80. The van der Waals surface area contributed by atoms with E-state index in [2.05, 4.69) is 24.1 Å². The first-order valence-corrected chi connectivity index (χ1v) is 16.4. The number of hydrogen-bond acceptors (Lipinski definition) is 7. The lowest BCUT2D eigenvalue weighted by Crippen LogP contribution is -2.54. The van der Waals surface area contributed by atoms with E-state index in [0.29, 0.717) is 35.4 Å². The van der Waals surface area contributed by atoms with Gasteiger partial charge in [0.05, 0.1) is 31.4 Å². The Morgan fingerprint density at radius 3 is 2.56 bits per heavy atom. The molecule has 3 aliphatic rings. The molecular formula is C40H40FN3O4. The summed E-state index contributed by atoms with van der Waals surface area (Å²) in [6.07, 6.45) is 5.62. The highest BCUT2D eigenvalue weighted by Gasteiger charge is 2.42. The van der Waals surface area contributed by atoms with E-state index in [9.17, 15) is 9.50 Å². The smallest absolute Gasteiger partial charge is 0.214 e. The second kappa shape index (κ2) is 13.4. The van der Waals surface area contributed by atoms with Crippen LogP contribution in [0.3, 0.4) is 0 Å². The molecule has 0 radical (unpaired) electrons. The van der Waals surface area contributed by atoms with Crippen molar-refractivity contribution in [1.82, 2.24) is 14.9 Å². The predicted molar refractivity (Wildman–Crippen MR) is 187 cm³/mol. The lowest BCUT2D eigenvalue weighted by molar-refractivity contribution is -0.0445. The summed E-state index contributed by atoms with van der Waals surface area (Å²) in [6, 6.07) is 20.6. The van der Waals surface area contributed by atoms with Crippen LogP contribution in [0.15, 0.2) is 86.0 Å². The van der Waals surface area contributed by atoms with Crippen LogP contribution in [0.4, 0.5) is 4.39 Å². The molecule has 0 amide bonds. The Bertz CT molecular complexity index is 2010. The van der Waals surface area contributed by atoms with Crippen molar-refractivity contribution in [2.45, 2.75) is 38.0 Å². The Labute approximate surface area is 280 Å². The van der Waals surface area contributed by atoms with Crippen LogP contribution in [-0.2, 0) is 13.0 Å². The van der Waals surface area contributed by atoms with Crippen molar-refractivity contribution in [1.29, 1.82) is 0 Å². The number of aromatic nitrogens is 2. The number of hydrogen-bond donors (Lipinski definition) is 1. The van der Waals surface area contributed by atoms with Crippen LogP contribution >= 0.6 is 0 Å². The van der Waals surface area contributed by atoms with E-state index in [1.54, 1.807) is 31.4 Å². The normalized spacial score (nSPS) is 20.8. The zero-order chi connectivity index (χ0) is 33.4. The summed E-state index contributed by atoms with van der Waals surface area (Å²) in [5.74, 6) is 1.75. The van der Waals surface area contributed by atoms with Crippen LogP contribution in [0, 0.1) is 17.7 Å². The molecule has 2 unspecified atom stereocenters. The molecule has 2 bridgehead atoms. The van der Waals surface area contributed by atoms with Crippen LogP contribution < -0.4 is 14.2 Å². The third-order valence-corrected chi connectivity index (χ3v) is 10.1. The number of nitrogens with zero attached hydrogens (tertiary/aromatic N) is 3. The van der Waals surface area contributed by atoms with Gasteiger partial charge < -0.3 is 19.3 Å². The SMILES string of the molecule is C=Cc1c(OC)ccc2nc(Cc3cc(OCc4cccc(OC)c4F)nc4ccccc34)cc([C@@H](O)[C@@H]3CC4CCN3C[C@@H]4C=C)c12. The highest BCUT2D eigenvalue weighted by molar-refractivity contribution is 5.94. The molecule has 8 heteroatoms. The minimum atomic E-state index is -0.737. The third-order valence-electron chi connectivity index (χ3n) is 10.1. The lowest BCUT2D eigenvalue weighted by atomic mass is 9.73. The number of fused-ring (bicyclic) bond motifs is 5. The topological polar surface area (TPSA) is 76.9 Å². The molecule has 3 aromatic carbocycles. The molecular weight excluding hydrogens is 605 g/mol. The monoisotopic (exact) mass is 645 g/mol. The van der Waals surface area contributed by atoms with Gasteiger partial charge in [-0.2, -0.15) is 0 Å². The van der Waals surface area contributed by atoms with E-state index in [1.807, 2.05) is 48.5 Å². The summed E-state index contributed by atoms with van der Waals surface area (Å²) in [4.78, 5) is 12.3. The summed E-state index contributed by atoms with van der Waals surface area (Å²) < 4.78 is 31.8. The van der Waals surface area contributed by atoms with Crippen molar-refractivity contribution < 1.29 is 23.7 Å². The number of pyridine rings is 2. The molecule has 3 saturated heterocycles. The number of rotatable bonds is 11. The highest BCUT2D eigenvalue weighted by atomic mass is 19.1. The van der Waals surface area contributed by atoms with Gasteiger partial charge in [-0.05, 0) is 72.7 Å². The molecule has 48 heavy (non-hydrogen) atoms. The average molecular weight is 646 g/mol. The maximum Gasteiger partial charge on any atom is 0.214 e. The van der Waals surface area contributed by atoms with Crippen LogP contribution in [0.5, 0.6) is 17.4 Å². The maximum atomic E-state index is 14.9. The van der Waals surface area contributed by atoms with Crippen molar-refractivity contribution >= 4 is 27.9 Å². The van der Waals surface area contributed by atoms with Crippen molar-refractivity contribution in [2.24, 2.45) is 11.8 Å². The summed E-state index contributed by atoms with van der Waals surface area (Å²) in [5, 5.41) is 14.0. The van der Waals surface area contributed by atoms with Crippen LogP contribution in [-0.4, -0.2) is 53.3 Å². The second-order valence-electron chi connectivity index (χ2n) is 12.7. The van der Waals surface area contributed by atoms with E-state index in [0.717, 1.165) is 70.1 Å². The molecule has 1 N–H and O–H groups in total. The molecule has 3 aliphatic heterocycles. The quantitative estimate of drug-likeness (QED) is 0.148. The molecule has 3 fully saturated rings. The first-order valence-electron chi connectivity index (χ1n) is 16.4. The molecule has 0 aliphatic carbocycles. The minimum Gasteiger partial charge on any atom is -0.496 e. The number of halogens is 1. The summed E-state index contributed by atoms with van der Waals surface area (Å²) >= 11 is 0. The predicted octanol–water partition coefficient (Wildman–Crippen LogP) is 7.68. The van der Waals surface area contributed by atoms with Gasteiger partial charge >= 0.3 is 0 Å². The van der Waals surface area contributed by atoms with Crippen molar-refractivity contribution in [3.8, 4) is 17.4 Å². The molecule has 0 saturated carbocycles. The Balaban J connectivity index is 1.28. The Hall–Kier alpha value is -4.79. The number of ether oxygens (including phenoxy) is 3. The first kappa shape index (κ1) is 31.8. The Morgan fingerprint density at radius 2 is 1.81 bits per heavy atom. The fraction of sp³-hybridized carbons (Fsp3) is 0.300. The van der Waals surface area contributed by atoms with Gasteiger partial charge in [-0.1, -0.05) is 49.1 Å². The minimum absolute atomic E-state index is 0.00383. The summed E-state index contributed by atoms with van der Waals surface area (Å²) in [5.41, 5.74) is 5.30. The molecule has 246 valence electrons. The zero-order valence-electron chi connectivity index (χ0n) is 27.4. The van der Waals surface area contributed by atoms with E-state index >= 15 is 0 Å². The van der Waals surface area contributed by atoms with Crippen LogP contribution in [0.2, 0.25) is 0 Å². The molecule has 5 aromatic rings. The van der Waals surface area contributed by atoms with Gasteiger partial charge in [-0.3, -0.25) is 9.88 Å². The Morgan fingerprint density at radius 1 is 0.979 bits per heavy atom. The van der Waals surface area contributed by atoms with Gasteiger partial charge in [0.25, 0.3) is 0 Å². The summed E-state index contributed by atoms with van der Waals surface area (Å²) in [7, 11) is 3.08. The molecule has 5 atom stereocenters. The largest absolute Gasteiger partial charge is 0.496 e. The first-order chi connectivity index (χ1) is 23.4. The van der Waals surface area contributed by atoms with Gasteiger partial charge in [-0.25, -0.2) is 9.37 Å². The highest BCUT2D eigenvalue weighted by Crippen LogP contribution is 2.43. The van der Waals surface area contributed by atoms with Gasteiger partial charge in [0.2, 0.25) is 5.88 Å². The number of benzene rings is 3. The molecule has 8 rings (SSSR count). The number of piperidine rings is 3. The van der Waals surface area contributed by atoms with Crippen molar-refractivity contribution in [3.63, 3.8) is 0 Å². The van der Waals surface area contributed by atoms with Gasteiger partial charge in [0.1, 0.15) is 12.4 Å². The average Bonchev–Trinajstić information content (AvgIpc) is 3.13.